The first kappa shape index (κ1) is 16.1. The Balaban J connectivity index is 2.05. The monoisotopic (exact) mass is 309 g/mol. The van der Waals surface area contributed by atoms with Crippen LogP contribution in [-0.4, -0.2) is 22.4 Å². The fourth-order valence-corrected chi connectivity index (χ4v) is 2.85. The SMILES string of the molecule is CCNC(CCc1ccco1)Cc1c(Cl)c(C)nn1CC. The highest BCUT2D eigenvalue weighted by atomic mass is 35.5. The first-order valence-corrected chi connectivity index (χ1v) is 8.01. The van der Waals surface area contributed by atoms with E-state index in [2.05, 4.69) is 24.3 Å². The van der Waals surface area contributed by atoms with Crippen LogP contribution in [0.2, 0.25) is 5.02 Å². The Labute approximate surface area is 131 Å². The van der Waals surface area contributed by atoms with E-state index < -0.39 is 0 Å². The minimum absolute atomic E-state index is 0.374. The number of aryl methyl sites for hydroxylation is 3. The van der Waals surface area contributed by atoms with Crippen molar-refractivity contribution in [1.82, 2.24) is 15.1 Å². The molecular weight excluding hydrogens is 286 g/mol. The smallest absolute Gasteiger partial charge is 0.103 e. The summed E-state index contributed by atoms with van der Waals surface area (Å²) in [5.41, 5.74) is 2.04. The predicted octanol–water partition coefficient (Wildman–Crippen LogP) is 3.61. The molecule has 0 amide bonds. The summed E-state index contributed by atoms with van der Waals surface area (Å²) in [6, 6.07) is 4.33. The van der Waals surface area contributed by atoms with Gasteiger partial charge in [-0.3, -0.25) is 4.68 Å². The molecule has 0 saturated heterocycles. The number of halogens is 1. The first-order valence-electron chi connectivity index (χ1n) is 7.63. The van der Waals surface area contributed by atoms with E-state index in [0.717, 1.165) is 54.5 Å². The van der Waals surface area contributed by atoms with Crippen LogP contribution in [0.3, 0.4) is 0 Å². The number of rotatable bonds is 8. The molecule has 4 nitrogen and oxygen atoms in total. The molecule has 2 aromatic heterocycles. The van der Waals surface area contributed by atoms with Crippen molar-refractivity contribution in [3.63, 3.8) is 0 Å². The van der Waals surface area contributed by atoms with E-state index in [0.29, 0.717) is 6.04 Å². The van der Waals surface area contributed by atoms with Crippen molar-refractivity contribution >= 4 is 11.6 Å². The first-order chi connectivity index (χ1) is 10.2. The van der Waals surface area contributed by atoms with Crippen molar-refractivity contribution < 1.29 is 4.42 Å². The average Bonchev–Trinajstić information content (AvgIpc) is 3.08. The molecule has 116 valence electrons. The van der Waals surface area contributed by atoms with Crippen LogP contribution in [0.4, 0.5) is 0 Å². The maximum Gasteiger partial charge on any atom is 0.103 e. The van der Waals surface area contributed by atoms with Crippen LogP contribution in [0.25, 0.3) is 0 Å². The fourth-order valence-electron chi connectivity index (χ4n) is 2.63. The minimum Gasteiger partial charge on any atom is -0.469 e. The minimum atomic E-state index is 0.374. The fraction of sp³-hybridized carbons (Fsp3) is 0.562. The third-order valence-electron chi connectivity index (χ3n) is 3.70. The number of nitrogens with zero attached hydrogens (tertiary/aromatic N) is 2. The van der Waals surface area contributed by atoms with Crippen LogP contribution >= 0.6 is 11.6 Å². The van der Waals surface area contributed by atoms with Gasteiger partial charge >= 0.3 is 0 Å². The third-order valence-corrected chi connectivity index (χ3v) is 4.20. The summed E-state index contributed by atoms with van der Waals surface area (Å²) in [5, 5.41) is 8.83. The molecule has 0 aliphatic rings. The van der Waals surface area contributed by atoms with Gasteiger partial charge in [0, 0.05) is 25.4 Å². The van der Waals surface area contributed by atoms with Crippen molar-refractivity contribution in [3.8, 4) is 0 Å². The highest BCUT2D eigenvalue weighted by molar-refractivity contribution is 6.31. The van der Waals surface area contributed by atoms with Gasteiger partial charge in [0.1, 0.15) is 5.76 Å². The lowest BCUT2D eigenvalue weighted by molar-refractivity contribution is 0.438. The van der Waals surface area contributed by atoms with Gasteiger partial charge < -0.3 is 9.73 Å². The number of likely N-dealkylation sites (N-methyl/N-ethyl adjacent to an activating group) is 1. The van der Waals surface area contributed by atoms with E-state index in [1.54, 1.807) is 6.26 Å². The molecule has 2 aromatic rings. The Morgan fingerprint density at radius 2 is 2.24 bits per heavy atom. The lowest BCUT2D eigenvalue weighted by Gasteiger charge is -2.18. The average molecular weight is 310 g/mol. The Kier molecular flexibility index (Phi) is 5.88. The molecule has 0 radical (unpaired) electrons. The highest BCUT2D eigenvalue weighted by Gasteiger charge is 2.17. The van der Waals surface area contributed by atoms with Gasteiger partial charge in [-0.1, -0.05) is 18.5 Å². The summed E-state index contributed by atoms with van der Waals surface area (Å²) in [6.45, 7) is 7.98. The molecule has 21 heavy (non-hydrogen) atoms. The van der Waals surface area contributed by atoms with Gasteiger partial charge in [-0.05, 0) is 38.9 Å². The van der Waals surface area contributed by atoms with Crippen LogP contribution in [0.1, 0.15) is 37.4 Å². The summed E-state index contributed by atoms with van der Waals surface area (Å²) >= 11 is 6.41. The van der Waals surface area contributed by atoms with Crippen molar-refractivity contribution in [1.29, 1.82) is 0 Å². The molecule has 5 heteroatoms. The van der Waals surface area contributed by atoms with Crippen LogP contribution in [0.5, 0.6) is 0 Å². The number of hydrogen-bond donors (Lipinski definition) is 1. The van der Waals surface area contributed by atoms with E-state index in [9.17, 15) is 0 Å². The maximum atomic E-state index is 6.41. The zero-order chi connectivity index (χ0) is 15.2. The summed E-state index contributed by atoms with van der Waals surface area (Å²) in [7, 11) is 0. The molecular formula is C16H24ClN3O. The normalized spacial score (nSPS) is 12.8. The van der Waals surface area contributed by atoms with E-state index >= 15 is 0 Å². The number of aromatic nitrogens is 2. The van der Waals surface area contributed by atoms with Gasteiger partial charge in [0.25, 0.3) is 0 Å². The van der Waals surface area contributed by atoms with E-state index in [1.807, 2.05) is 23.7 Å². The third kappa shape index (κ3) is 4.11. The molecule has 1 N–H and O–H groups in total. The zero-order valence-electron chi connectivity index (χ0n) is 13.0. The molecule has 2 heterocycles. The highest BCUT2D eigenvalue weighted by Crippen LogP contribution is 2.22. The summed E-state index contributed by atoms with van der Waals surface area (Å²) in [6.07, 6.45) is 4.57. The molecule has 2 rings (SSSR count). The number of hydrogen-bond acceptors (Lipinski definition) is 3. The van der Waals surface area contributed by atoms with Crippen molar-refractivity contribution in [2.45, 2.75) is 52.6 Å². The lowest BCUT2D eigenvalue weighted by Crippen LogP contribution is -2.32. The molecule has 0 aliphatic heterocycles. The van der Waals surface area contributed by atoms with Crippen LogP contribution < -0.4 is 5.32 Å². The molecule has 0 aromatic carbocycles. The number of nitrogens with one attached hydrogen (secondary N) is 1. The Morgan fingerprint density at radius 3 is 2.86 bits per heavy atom. The zero-order valence-corrected chi connectivity index (χ0v) is 13.8. The van der Waals surface area contributed by atoms with Crippen LogP contribution in [0, 0.1) is 6.92 Å². The lowest BCUT2D eigenvalue weighted by atomic mass is 10.0. The van der Waals surface area contributed by atoms with Gasteiger partial charge in [-0.25, -0.2) is 0 Å². The molecule has 0 bridgehead atoms. The molecule has 0 saturated carbocycles. The number of furan rings is 1. The van der Waals surface area contributed by atoms with Crippen LogP contribution in [0.15, 0.2) is 22.8 Å². The van der Waals surface area contributed by atoms with Gasteiger partial charge in [-0.2, -0.15) is 5.10 Å². The molecule has 0 spiro atoms. The van der Waals surface area contributed by atoms with Gasteiger partial charge in [-0.15, -0.1) is 0 Å². The predicted molar refractivity (Wildman–Crippen MR) is 85.8 cm³/mol. The largest absolute Gasteiger partial charge is 0.469 e. The second-order valence-electron chi connectivity index (χ2n) is 5.24. The standard InChI is InChI=1S/C16H24ClN3O/c1-4-18-13(8-9-14-7-6-10-21-14)11-15-16(17)12(3)19-20(15)5-2/h6-7,10,13,18H,4-5,8-9,11H2,1-3H3. The van der Waals surface area contributed by atoms with E-state index in [4.69, 9.17) is 16.0 Å². The van der Waals surface area contributed by atoms with E-state index in [-0.39, 0.29) is 0 Å². The molecule has 0 fully saturated rings. The molecule has 0 aliphatic carbocycles. The van der Waals surface area contributed by atoms with Crippen LogP contribution in [-0.2, 0) is 19.4 Å². The maximum absolute atomic E-state index is 6.41. The summed E-state index contributed by atoms with van der Waals surface area (Å²) in [5.74, 6) is 1.03. The molecule has 1 atom stereocenters. The van der Waals surface area contributed by atoms with Gasteiger partial charge in [0.05, 0.1) is 22.7 Å². The molecule has 1 unspecified atom stereocenters. The van der Waals surface area contributed by atoms with E-state index in [1.165, 1.54) is 0 Å². The van der Waals surface area contributed by atoms with Crippen molar-refractivity contribution in [3.05, 3.63) is 40.6 Å². The van der Waals surface area contributed by atoms with Gasteiger partial charge in [0.2, 0.25) is 0 Å². The summed E-state index contributed by atoms with van der Waals surface area (Å²) < 4.78 is 7.42. The Morgan fingerprint density at radius 1 is 1.43 bits per heavy atom. The topological polar surface area (TPSA) is 43.0 Å². The second-order valence-corrected chi connectivity index (χ2v) is 5.62. The van der Waals surface area contributed by atoms with Crippen molar-refractivity contribution in [2.75, 3.05) is 6.54 Å². The van der Waals surface area contributed by atoms with Gasteiger partial charge in [0.15, 0.2) is 0 Å². The Hall–Kier alpha value is -1.26. The summed E-state index contributed by atoms with van der Waals surface area (Å²) in [4.78, 5) is 0. The van der Waals surface area contributed by atoms with Crippen molar-refractivity contribution in [2.24, 2.45) is 0 Å². The second kappa shape index (κ2) is 7.66. The Bertz CT molecular complexity index is 548. The quantitative estimate of drug-likeness (QED) is 0.810.